The fourth-order valence-corrected chi connectivity index (χ4v) is 2.84. The third-order valence-corrected chi connectivity index (χ3v) is 4.60. The molecule has 4 heteroatoms. The molecule has 106 valence electrons. The molecule has 1 aromatic heterocycles. The number of aromatic nitrogens is 1. The zero-order valence-corrected chi connectivity index (χ0v) is 13.9. The van der Waals surface area contributed by atoms with Crippen molar-refractivity contribution in [1.82, 2.24) is 10.3 Å². The Morgan fingerprint density at radius 3 is 2.70 bits per heavy atom. The second-order valence-electron chi connectivity index (χ2n) is 4.75. The number of benzene rings is 1. The van der Waals surface area contributed by atoms with Crippen molar-refractivity contribution in [2.24, 2.45) is 0 Å². The minimum absolute atomic E-state index is 0.212. The molecule has 0 spiro atoms. The number of nitrogens with zero attached hydrogens (tertiary/aromatic N) is 1. The number of hydrogen-bond donors (Lipinski definition) is 1. The molecule has 2 nitrogen and oxygen atoms in total. The highest BCUT2D eigenvalue weighted by molar-refractivity contribution is 9.10. The lowest BCUT2D eigenvalue weighted by molar-refractivity contribution is 0.472. The van der Waals surface area contributed by atoms with Crippen LogP contribution in [0.25, 0.3) is 0 Å². The van der Waals surface area contributed by atoms with Crippen molar-refractivity contribution in [3.63, 3.8) is 0 Å². The molecule has 20 heavy (non-hydrogen) atoms. The zero-order chi connectivity index (χ0) is 14.5. The Morgan fingerprint density at radius 2 is 2.10 bits per heavy atom. The van der Waals surface area contributed by atoms with E-state index in [0.29, 0.717) is 0 Å². The number of halogens is 2. The number of hydrogen-bond acceptors (Lipinski definition) is 2. The van der Waals surface area contributed by atoms with Gasteiger partial charge in [-0.05, 0) is 52.3 Å². The Labute approximate surface area is 133 Å². The Bertz CT molecular complexity index is 560. The van der Waals surface area contributed by atoms with Crippen molar-refractivity contribution in [2.75, 3.05) is 6.54 Å². The molecule has 2 atom stereocenters. The van der Waals surface area contributed by atoms with Crippen LogP contribution in [-0.2, 0) is 0 Å². The van der Waals surface area contributed by atoms with Crippen molar-refractivity contribution in [3.05, 3.63) is 63.3 Å². The van der Waals surface area contributed by atoms with Crippen LogP contribution in [0.4, 0.5) is 0 Å². The van der Waals surface area contributed by atoms with E-state index in [-0.39, 0.29) is 12.0 Å². The van der Waals surface area contributed by atoms with Gasteiger partial charge in [0.2, 0.25) is 0 Å². The third kappa shape index (κ3) is 3.60. The molecule has 0 amide bonds. The molecule has 0 aliphatic rings. The van der Waals surface area contributed by atoms with E-state index >= 15 is 0 Å². The van der Waals surface area contributed by atoms with Crippen molar-refractivity contribution in [2.45, 2.75) is 25.8 Å². The first-order valence-electron chi connectivity index (χ1n) is 6.72. The predicted molar refractivity (Wildman–Crippen MR) is 88.2 cm³/mol. The average molecular weight is 354 g/mol. The molecule has 0 saturated heterocycles. The molecular formula is C16H18BrClN2. The van der Waals surface area contributed by atoms with Crippen molar-refractivity contribution in [3.8, 4) is 0 Å². The Morgan fingerprint density at radius 1 is 1.30 bits per heavy atom. The highest BCUT2D eigenvalue weighted by Gasteiger charge is 2.21. The molecule has 0 aliphatic carbocycles. The largest absolute Gasteiger partial charge is 0.310 e. The highest BCUT2D eigenvalue weighted by Crippen LogP contribution is 2.33. The van der Waals surface area contributed by atoms with E-state index in [1.807, 2.05) is 24.4 Å². The van der Waals surface area contributed by atoms with Crippen molar-refractivity contribution in [1.29, 1.82) is 0 Å². The molecule has 0 bridgehead atoms. The third-order valence-electron chi connectivity index (χ3n) is 3.38. The van der Waals surface area contributed by atoms with Gasteiger partial charge in [0.1, 0.15) is 0 Å². The summed E-state index contributed by atoms with van der Waals surface area (Å²) in [5, 5.41) is 4.27. The molecule has 1 N–H and O–H groups in total. The molecule has 0 saturated carbocycles. The molecule has 0 radical (unpaired) electrons. The molecule has 0 aliphatic heterocycles. The van der Waals surface area contributed by atoms with Crippen LogP contribution in [-0.4, -0.2) is 11.5 Å². The van der Waals surface area contributed by atoms with Crippen molar-refractivity contribution < 1.29 is 0 Å². The van der Waals surface area contributed by atoms with Crippen LogP contribution in [0.5, 0.6) is 0 Å². The molecule has 0 fully saturated rings. The summed E-state index contributed by atoms with van der Waals surface area (Å²) in [5.74, 6) is 0.282. The maximum absolute atomic E-state index is 6.08. The average Bonchev–Trinajstić information content (AvgIpc) is 2.48. The lowest BCUT2D eigenvalue weighted by atomic mass is 9.91. The maximum Gasteiger partial charge on any atom is 0.0548 e. The second-order valence-corrected chi connectivity index (χ2v) is 6.01. The minimum Gasteiger partial charge on any atom is -0.310 e. The van der Waals surface area contributed by atoms with Gasteiger partial charge in [-0.3, -0.25) is 4.98 Å². The zero-order valence-electron chi connectivity index (χ0n) is 11.6. The van der Waals surface area contributed by atoms with Crippen LogP contribution in [0, 0.1) is 0 Å². The number of likely N-dealkylation sites (N-methyl/N-ethyl adjacent to an activating group) is 1. The van der Waals surface area contributed by atoms with Crippen LogP contribution in [0.15, 0.2) is 47.1 Å². The SMILES string of the molecule is CCNC(c1ccc(Cl)c(Br)c1)C(C)c1ccccn1. The van der Waals surface area contributed by atoms with Gasteiger partial charge < -0.3 is 5.32 Å². The summed E-state index contributed by atoms with van der Waals surface area (Å²) in [6.45, 7) is 5.21. The maximum atomic E-state index is 6.08. The van der Waals surface area contributed by atoms with E-state index < -0.39 is 0 Å². The van der Waals surface area contributed by atoms with Crippen LogP contribution in [0.3, 0.4) is 0 Å². The minimum atomic E-state index is 0.212. The Kier molecular flexibility index (Phi) is 5.58. The van der Waals surface area contributed by atoms with E-state index in [9.17, 15) is 0 Å². The van der Waals surface area contributed by atoms with Gasteiger partial charge in [-0.25, -0.2) is 0 Å². The molecule has 1 aromatic carbocycles. The molecule has 2 rings (SSSR count). The first-order valence-corrected chi connectivity index (χ1v) is 7.89. The van der Waals surface area contributed by atoms with Crippen molar-refractivity contribution >= 4 is 27.5 Å². The first kappa shape index (κ1) is 15.5. The van der Waals surface area contributed by atoms with Gasteiger partial charge in [0.05, 0.1) is 5.02 Å². The van der Waals surface area contributed by atoms with Crippen LogP contribution < -0.4 is 5.32 Å². The first-order chi connectivity index (χ1) is 9.63. The van der Waals surface area contributed by atoms with Gasteiger partial charge in [0.15, 0.2) is 0 Å². The van der Waals surface area contributed by atoms with E-state index in [2.05, 4.69) is 58.3 Å². The van der Waals surface area contributed by atoms with Gasteiger partial charge >= 0.3 is 0 Å². The second kappa shape index (κ2) is 7.21. The highest BCUT2D eigenvalue weighted by atomic mass is 79.9. The van der Waals surface area contributed by atoms with E-state index in [1.54, 1.807) is 0 Å². The van der Waals surface area contributed by atoms with Gasteiger partial charge in [-0.2, -0.15) is 0 Å². The summed E-state index contributed by atoms with van der Waals surface area (Å²) in [7, 11) is 0. The lowest BCUT2D eigenvalue weighted by Gasteiger charge is -2.25. The Balaban J connectivity index is 2.33. The summed E-state index contributed by atoms with van der Waals surface area (Å²) >= 11 is 9.57. The topological polar surface area (TPSA) is 24.9 Å². The normalized spacial score (nSPS) is 14.0. The smallest absolute Gasteiger partial charge is 0.0548 e. The number of rotatable bonds is 5. The van der Waals surface area contributed by atoms with E-state index in [4.69, 9.17) is 11.6 Å². The summed E-state index contributed by atoms with van der Waals surface area (Å²) in [5.41, 5.74) is 2.30. The van der Waals surface area contributed by atoms with Gasteiger partial charge in [-0.15, -0.1) is 0 Å². The summed E-state index contributed by atoms with van der Waals surface area (Å²) in [4.78, 5) is 4.47. The summed E-state index contributed by atoms with van der Waals surface area (Å²) in [6.07, 6.45) is 1.84. The van der Waals surface area contributed by atoms with Gasteiger partial charge in [0.25, 0.3) is 0 Å². The van der Waals surface area contributed by atoms with Crippen LogP contribution in [0.2, 0.25) is 5.02 Å². The predicted octanol–water partition coefficient (Wildman–Crippen LogP) is 4.95. The molecular weight excluding hydrogens is 336 g/mol. The monoisotopic (exact) mass is 352 g/mol. The molecule has 1 heterocycles. The number of nitrogens with one attached hydrogen (secondary N) is 1. The molecule has 2 aromatic rings. The summed E-state index contributed by atoms with van der Waals surface area (Å²) in [6, 6.07) is 12.3. The number of pyridine rings is 1. The van der Waals surface area contributed by atoms with Gasteiger partial charge in [-0.1, -0.05) is 37.6 Å². The summed E-state index contributed by atoms with van der Waals surface area (Å²) < 4.78 is 0.924. The fraction of sp³-hybridized carbons (Fsp3) is 0.312. The Hall–Kier alpha value is -0.900. The molecule has 2 unspecified atom stereocenters. The standard InChI is InChI=1S/C16H18BrClN2/c1-3-19-16(11(2)15-6-4-5-9-20-15)12-7-8-14(18)13(17)10-12/h4-11,16,19H,3H2,1-2H3. The van der Waals surface area contributed by atoms with Crippen LogP contribution >= 0.6 is 27.5 Å². The fourth-order valence-electron chi connectivity index (χ4n) is 2.33. The van der Waals surface area contributed by atoms with Crippen LogP contribution in [0.1, 0.15) is 37.1 Å². The quantitative estimate of drug-likeness (QED) is 0.822. The van der Waals surface area contributed by atoms with E-state index in [1.165, 1.54) is 5.56 Å². The lowest BCUT2D eigenvalue weighted by Crippen LogP contribution is -2.26. The van der Waals surface area contributed by atoms with Gasteiger partial charge in [0, 0.05) is 28.3 Å². The van der Waals surface area contributed by atoms with E-state index in [0.717, 1.165) is 21.7 Å².